The number of nitrogens with zero attached hydrogens (tertiary/aromatic N) is 2. The van der Waals surface area contributed by atoms with E-state index < -0.39 is 0 Å². The van der Waals surface area contributed by atoms with Gasteiger partial charge in [0.15, 0.2) is 0 Å². The monoisotopic (exact) mass is 302 g/mol. The quantitative estimate of drug-likeness (QED) is 0.832. The lowest BCUT2D eigenvalue weighted by molar-refractivity contribution is 0.0964. The molecule has 3 heteroatoms. The van der Waals surface area contributed by atoms with Crippen molar-refractivity contribution in [1.29, 1.82) is 0 Å². The second-order valence-electron chi connectivity index (χ2n) is 6.66. The third-order valence-electron chi connectivity index (χ3n) is 5.11. The van der Waals surface area contributed by atoms with Crippen molar-refractivity contribution in [2.45, 2.75) is 38.1 Å². The van der Waals surface area contributed by atoms with Crippen LogP contribution in [0.15, 0.2) is 30.3 Å². The van der Waals surface area contributed by atoms with E-state index >= 15 is 0 Å². The maximum Gasteiger partial charge on any atom is 0.0593 e. The van der Waals surface area contributed by atoms with E-state index in [1.807, 2.05) is 0 Å². The molecule has 0 spiro atoms. The lowest BCUT2D eigenvalue weighted by Crippen LogP contribution is -2.46. The summed E-state index contributed by atoms with van der Waals surface area (Å²) in [5.41, 5.74) is 1.47. The minimum absolute atomic E-state index is 0.798. The fourth-order valence-corrected chi connectivity index (χ4v) is 3.79. The van der Waals surface area contributed by atoms with E-state index in [4.69, 9.17) is 4.74 Å². The van der Waals surface area contributed by atoms with Crippen molar-refractivity contribution in [3.63, 3.8) is 0 Å². The van der Waals surface area contributed by atoms with Crippen molar-refractivity contribution in [2.75, 3.05) is 45.9 Å². The van der Waals surface area contributed by atoms with E-state index in [2.05, 4.69) is 40.1 Å². The summed E-state index contributed by atoms with van der Waals surface area (Å²) in [5, 5.41) is 0. The van der Waals surface area contributed by atoms with Crippen LogP contribution in [0.5, 0.6) is 0 Å². The predicted octanol–water partition coefficient (Wildman–Crippen LogP) is 2.81. The van der Waals surface area contributed by atoms with Crippen LogP contribution in [0.25, 0.3) is 0 Å². The zero-order valence-corrected chi connectivity index (χ0v) is 13.8. The van der Waals surface area contributed by atoms with Gasteiger partial charge in [-0.25, -0.2) is 0 Å². The highest BCUT2D eigenvalue weighted by atomic mass is 16.5. The molecular weight excluding hydrogens is 272 g/mol. The molecule has 2 fully saturated rings. The van der Waals surface area contributed by atoms with Gasteiger partial charge in [-0.1, -0.05) is 30.3 Å². The number of ether oxygens (including phenoxy) is 1. The van der Waals surface area contributed by atoms with Crippen LogP contribution in [0.3, 0.4) is 0 Å². The van der Waals surface area contributed by atoms with Gasteiger partial charge in [-0.2, -0.15) is 0 Å². The van der Waals surface area contributed by atoms with Gasteiger partial charge in [0.2, 0.25) is 0 Å². The molecule has 2 aliphatic heterocycles. The summed E-state index contributed by atoms with van der Waals surface area (Å²) < 4.78 is 5.58. The van der Waals surface area contributed by atoms with Crippen LogP contribution in [-0.4, -0.2) is 61.8 Å². The molecule has 0 saturated carbocycles. The Morgan fingerprint density at radius 1 is 0.955 bits per heavy atom. The van der Waals surface area contributed by atoms with Gasteiger partial charge < -0.3 is 9.64 Å². The fraction of sp³-hybridized carbons (Fsp3) is 0.684. The van der Waals surface area contributed by atoms with Gasteiger partial charge in [0.25, 0.3) is 0 Å². The molecule has 122 valence electrons. The molecule has 1 aromatic rings. The molecule has 0 aromatic heterocycles. The molecule has 3 nitrogen and oxygen atoms in total. The zero-order valence-electron chi connectivity index (χ0n) is 13.8. The molecule has 0 atom stereocenters. The number of piperidine rings is 1. The minimum Gasteiger partial charge on any atom is -0.380 e. The van der Waals surface area contributed by atoms with Gasteiger partial charge >= 0.3 is 0 Å². The van der Waals surface area contributed by atoms with Crippen LogP contribution >= 0.6 is 0 Å². The molecule has 3 rings (SSSR count). The molecule has 2 saturated heterocycles. The van der Waals surface area contributed by atoms with Gasteiger partial charge in [-0.3, -0.25) is 4.90 Å². The minimum atomic E-state index is 0.798. The third-order valence-corrected chi connectivity index (χ3v) is 5.11. The van der Waals surface area contributed by atoms with Crippen LogP contribution in [0.1, 0.15) is 31.2 Å². The molecule has 0 amide bonds. The van der Waals surface area contributed by atoms with E-state index in [9.17, 15) is 0 Å². The molecule has 0 aliphatic carbocycles. The summed E-state index contributed by atoms with van der Waals surface area (Å²) in [6.45, 7) is 8.06. The summed E-state index contributed by atoms with van der Waals surface area (Å²) in [6, 6.07) is 11.7. The normalized spacial score (nSPS) is 22.5. The van der Waals surface area contributed by atoms with E-state index in [1.54, 1.807) is 0 Å². The fourth-order valence-electron chi connectivity index (χ4n) is 3.79. The summed E-state index contributed by atoms with van der Waals surface area (Å²) in [5.74, 6) is 0. The molecule has 0 unspecified atom stereocenters. The molecule has 0 bridgehead atoms. The second kappa shape index (κ2) is 8.66. The van der Waals surface area contributed by atoms with Crippen LogP contribution in [0.2, 0.25) is 0 Å². The first-order chi connectivity index (χ1) is 10.9. The first-order valence-corrected chi connectivity index (χ1v) is 9.00. The van der Waals surface area contributed by atoms with E-state index in [0.29, 0.717) is 0 Å². The van der Waals surface area contributed by atoms with Crippen molar-refractivity contribution in [1.82, 2.24) is 9.80 Å². The van der Waals surface area contributed by atoms with E-state index in [-0.39, 0.29) is 0 Å². The summed E-state index contributed by atoms with van der Waals surface area (Å²) in [6.07, 6.45) is 6.38. The highest BCUT2D eigenvalue weighted by molar-refractivity contribution is 5.14. The van der Waals surface area contributed by atoms with E-state index in [0.717, 1.165) is 25.8 Å². The zero-order chi connectivity index (χ0) is 15.0. The number of hydrogen-bond donors (Lipinski definition) is 0. The standard InChI is InChI=1S/C19H30N2O/c1-2-6-18(7-3-1)8-4-11-20-13-9-19(10-14-20)21-12-5-16-22-17-15-21/h1-3,6-7,19H,4-5,8-17H2. The molecule has 2 heterocycles. The van der Waals surface area contributed by atoms with Crippen LogP contribution < -0.4 is 0 Å². The maximum absolute atomic E-state index is 5.58. The van der Waals surface area contributed by atoms with Crippen LogP contribution in [0.4, 0.5) is 0 Å². The number of likely N-dealkylation sites (tertiary alicyclic amines) is 1. The Morgan fingerprint density at radius 3 is 2.59 bits per heavy atom. The Morgan fingerprint density at radius 2 is 1.77 bits per heavy atom. The lowest BCUT2D eigenvalue weighted by Gasteiger charge is -2.38. The average molecular weight is 302 g/mol. The largest absolute Gasteiger partial charge is 0.380 e. The Bertz CT molecular complexity index is 407. The van der Waals surface area contributed by atoms with E-state index in [1.165, 1.54) is 63.8 Å². The first kappa shape index (κ1) is 16.0. The Labute approximate surface area is 135 Å². The number of benzene rings is 1. The molecule has 1 aromatic carbocycles. The van der Waals surface area contributed by atoms with Crippen molar-refractivity contribution in [3.8, 4) is 0 Å². The van der Waals surface area contributed by atoms with Crippen molar-refractivity contribution in [2.24, 2.45) is 0 Å². The third kappa shape index (κ3) is 4.80. The van der Waals surface area contributed by atoms with Crippen LogP contribution in [-0.2, 0) is 11.2 Å². The lowest BCUT2D eigenvalue weighted by atomic mass is 10.0. The molecule has 2 aliphatic rings. The van der Waals surface area contributed by atoms with Gasteiger partial charge in [-0.05, 0) is 57.3 Å². The molecule has 0 radical (unpaired) electrons. The highest BCUT2D eigenvalue weighted by Crippen LogP contribution is 2.18. The smallest absolute Gasteiger partial charge is 0.0593 e. The average Bonchev–Trinajstić information content (AvgIpc) is 2.86. The van der Waals surface area contributed by atoms with Gasteiger partial charge in [-0.15, -0.1) is 0 Å². The number of rotatable bonds is 5. The number of hydrogen-bond acceptors (Lipinski definition) is 3. The van der Waals surface area contributed by atoms with Crippen LogP contribution in [0, 0.1) is 0 Å². The molecule has 0 N–H and O–H groups in total. The Kier molecular flexibility index (Phi) is 6.29. The van der Waals surface area contributed by atoms with Crippen molar-refractivity contribution in [3.05, 3.63) is 35.9 Å². The summed E-state index contributed by atoms with van der Waals surface area (Å²) >= 11 is 0. The SMILES string of the molecule is c1ccc(CCCN2CCC(N3CCCOCC3)CC2)cc1. The Hall–Kier alpha value is -0.900. The van der Waals surface area contributed by atoms with Gasteiger partial charge in [0, 0.05) is 25.7 Å². The van der Waals surface area contributed by atoms with Crippen molar-refractivity contribution < 1.29 is 4.74 Å². The van der Waals surface area contributed by atoms with Gasteiger partial charge in [0.05, 0.1) is 6.61 Å². The first-order valence-electron chi connectivity index (χ1n) is 9.00. The maximum atomic E-state index is 5.58. The summed E-state index contributed by atoms with van der Waals surface area (Å²) in [4.78, 5) is 5.34. The second-order valence-corrected chi connectivity index (χ2v) is 6.66. The summed E-state index contributed by atoms with van der Waals surface area (Å²) in [7, 11) is 0. The predicted molar refractivity (Wildman–Crippen MR) is 91.2 cm³/mol. The van der Waals surface area contributed by atoms with Crippen molar-refractivity contribution >= 4 is 0 Å². The number of aryl methyl sites for hydroxylation is 1. The molecular formula is C19H30N2O. The van der Waals surface area contributed by atoms with Gasteiger partial charge in [0.1, 0.15) is 0 Å². The highest BCUT2D eigenvalue weighted by Gasteiger charge is 2.24. The topological polar surface area (TPSA) is 15.7 Å². The molecule has 22 heavy (non-hydrogen) atoms. The Balaban J connectivity index is 1.35.